The third-order valence-electron chi connectivity index (χ3n) is 4.80. The molecule has 1 aromatic rings. The van der Waals surface area contributed by atoms with Crippen LogP contribution in [-0.4, -0.2) is 64.8 Å². The maximum atomic E-state index is 12.5. The molecule has 1 fully saturated rings. The van der Waals surface area contributed by atoms with Gasteiger partial charge in [-0.15, -0.1) is 0 Å². The fraction of sp³-hybridized carbons (Fsp3) is 0.706. The summed E-state index contributed by atoms with van der Waals surface area (Å²) in [4.78, 5) is 25.4. The number of aromatic nitrogens is 2. The minimum atomic E-state index is -0.593. The summed E-state index contributed by atoms with van der Waals surface area (Å²) in [6.45, 7) is 8.03. The van der Waals surface area contributed by atoms with E-state index >= 15 is 0 Å². The molecule has 0 aromatic carbocycles. The van der Waals surface area contributed by atoms with Crippen molar-refractivity contribution in [2.45, 2.75) is 39.3 Å². The number of morpholine rings is 1. The molecule has 0 radical (unpaired) electrons. The summed E-state index contributed by atoms with van der Waals surface area (Å²) < 4.78 is 5.41. The Morgan fingerprint density at radius 3 is 2.75 bits per heavy atom. The molecule has 0 saturated carbocycles. The van der Waals surface area contributed by atoms with Crippen LogP contribution in [0, 0.1) is 5.92 Å². The van der Waals surface area contributed by atoms with Gasteiger partial charge in [-0.05, 0) is 5.92 Å². The van der Waals surface area contributed by atoms with Gasteiger partial charge in [-0.3, -0.25) is 4.79 Å². The number of aliphatic hydroxyl groups is 1. The van der Waals surface area contributed by atoms with Crippen LogP contribution in [-0.2, 0) is 22.5 Å². The van der Waals surface area contributed by atoms with Gasteiger partial charge in [0.15, 0.2) is 0 Å². The molecule has 2 aliphatic heterocycles. The average Bonchev–Trinajstić information content (AvgIpc) is 2.61. The van der Waals surface area contributed by atoms with Crippen molar-refractivity contribution in [2.75, 3.05) is 37.7 Å². The van der Waals surface area contributed by atoms with Crippen LogP contribution in [0.15, 0.2) is 6.33 Å². The van der Waals surface area contributed by atoms with Gasteiger partial charge in [0.2, 0.25) is 5.91 Å². The summed E-state index contributed by atoms with van der Waals surface area (Å²) >= 11 is 0. The summed E-state index contributed by atoms with van der Waals surface area (Å²) in [5.74, 6) is 1.00. The lowest BCUT2D eigenvalue weighted by atomic mass is 10.0. The number of carbonyl (C=O) groups is 1. The zero-order chi connectivity index (χ0) is 17.1. The maximum Gasteiger partial charge on any atom is 0.225 e. The Labute approximate surface area is 142 Å². The van der Waals surface area contributed by atoms with Crippen LogP contribution in [0.2, 0.25) is 0 Å². The van der Waals surface area contributed by atoms with Crippen molar-refractivity contribution < 1.29 is 14.6 Å². The second-order valence-corrected chi connectivity index (χ2v) is 6.80. The number of nitrogens with zero attached hydrogens (tertiary/aromatic N) is 4. The average molecular weight is 334 g/mol. The van der Waals surface area contributed by atoms with Crippen LogP contribution in [0.4, 0.5) is 5.82 Å². The zero-order valence-corrected chi connectivity index (χ0v) is 14.4. The molecule has 0 spiro atoms. The number of hydrogen-bond donors (Lipinski definition) is 1. The van der Waals surface area contributed by atoms with Crippen LogP contribution < -0.4 is 4.90 Å². The SMILES string of the molecule is CC(C)C(O)CC(=O)N1CCc2ncnc(N3CCOCC3)c2C1. The number of carbonyl (C=O) groups excluding carboxylic acids is 1. The van der Waals surface area contributed by atoms with Gasteiger partial charge in [-0.1, -0.05) is 13.8 Å². The van der Waals surface area contributed by atoms with E-state index in [0.717, 1.165) is 36.6 Å². The smallest absolute Gasteiger partial charge is 0.225 e. The Hall–Kier alpha value is -1.73. The van der Waals surface area contributed by atoms with Gasteiger partial charge in [-0.25, -0.2) is 9.97 Å². The predicted molar refractivity (Wildman–Crippen MR) is 89.6 cm³/mol. The zero-order valence-electron chi connectivity index (χ0n) is 14.4. The summed E-state index contributed by atoms with van der Waals surface area (Å²) in [5, 5.41) is 9.99. The van der Waals surface area contributed by atoms with Gasteiger partial charge >= 0.3 is 0 Å². The Bertz CT molecular complexity index is 587. The van der Waals surface area contributed by atoms with E-state index in [9.17, 15) is 9.90 Å². The number of fused-ring (bicyclic) bond motifs is 1. The first-order valence-corrected chi connectivity index (χ1v) is 8.67. The quantitative estimate of drug-likeness (QED) is 0.869. The highest BCUT2D eigenvalue weighted by Crippen LogP contribution is 2.27. The highest BCUT2D eigenvalue weighted by molar-refractivity contribution is 5.77. The fourth-order valence-electron chi connectivity index (χ4n) is 3.13. The largest absolute Gasteiger partial charge is 0.392 e. The Balaban J connectivity index is 1.75. The van der Waals surface area contributed by atoms with Crippen LogP contribution in [0.3, 0.4) is 0 Å². The van der Waals surface area contributed by atoms with Crippen molar-refractivity contribution >= 4 is 11.7 Å². The first-order valence-electron chi connectivity index (χ1n) is 8.67. The van der Waals surface area contributed by atoms with Crippen molar-refractivity contribution in [3.05, 3.63) is 17.6 Å². The summed E-state index contributed by atoms with van der Waals surface area (Å²) in [6.07, 6.45) is 1.93. The van der Waals surface area contributed by atoms with Crippen LogP contribution in [0.5, 0.6) is 0 Å². The molecule has 1 saturated heterocycles. The Morgan fingerprint density at radius 1 is 1.29 bits per heavy atom. The van der Waals surface area contributed by atoms with Crippen LogP contribution in [0.25, 0.3) is 0 Å². The molecule has 1 unspecified atom stereocenters. The molecule has 7 heteroatoms. The van der Waals surface area contributed by atoms with Crippen molar-refractivity contribution in [1.82, 2.24) is 14.9 Å². The van der Waals surface area contributed by atoms with Gasteiger partial charge in [-0.2, -0.15) is 0 Å². The summed E-state index contributed by atoms with van der Waals surface area (Å²) in [5.41, 5.74) is 2.07. The van der Waals surface area contributed by atoms with E-state index < -0.39 is 6.10 Å². The minimum absolute atomic E-state index is 0.00127. The lowest BCUT2D eigenvalue weighted by molar-refractivity contribution is -0.134. The predicted octanol–water partition coefficient (Wildman–Crippen LogP) is 0.605. The van der Waals surface area contributed by atoms with Gasteiger partial charge in [0.1, 0.15) is 12.1 Å². The van der Waals surface area contributed by atoms with E-state index in [-0.39, 0.29) is 18.2 Å². The first kappa shape index (κ1) is 17.1. The highest BCUT2D eigenvalue weighted by atomic mass is 16.5. The molecule has 0 aliphatic carbocycles. The standard InChI is InChI=1S/C17H26N4O3/c1-12(2)15(22)9-16(23)21-4-3-14-13(10-21)17(19-11-18-14)20-5-7-24-8-6-20/h11-12,15,22H,3-10H2,1-2H3. The highest BCUT2D eigenvalue weighted by Gasteiger charge is 2.28. The van der Waals surface area contributed by atoms with E-state index in [1.807, 2.05) is 18.7 Å². The third kappa shape index (κ3) is 3.67. The van der Waals surface area contributed by atoms with Gasteiger partial charge in [0.25, 0.3) is 0 Å². The van der Waals surface area contributed by atoms with Crippen LogP contribution in [0.1, 0.15) is 31.5 Å². The molecular weight excluding hydrogens is 308 g/mol. The Kier molecular flexibility index (Phi) is 5.30. The van der Waals surface area contributed by atoms with E-state index in [0.29, 0.717) is 26.3 Å². The monoisotopic (exact) mass is 334 g/mol. The molecular formula is C17H26N4O3. The number of amides is 1. The van der Waals surface area contributed by atoms with Crippen LogP contribution >= 0.6 is 0 Å². The molecule has 132 valence electrons. The molecule has 1 aromatic heterocycles. The molecule has 1 N–H and O–H groups in total. The lowest BCUT2D eigenvalue weighted by Gasteiger charge is -2.34. The van der Waals surface area contributed by atoms with Crippen molar-refractivity contribution in [1.29, 1.82) is 0 Å². The Morgan fingerprint density at radius 2 is 2.04 bits per heavy atom. The maximum absolute atomic E-state index is 12.5. The number of hydrogen-bond acceptors (Lipinski definition) is 6. The van der Waals surface area contributed by atoms with E-state index in [1.165, 1.54) is 0 Å². The second kappa shape index (κ2) is 7.44. The van der Waals surface area contributed by atoms with Crippen molar-refractivity contribution in [2.24, 2.45) is 5.92 Å². The molecule has 2 aliphatic rings. The molecule has 1 atom stereocenters. The van der Waals surface area contributed by atoms with E-state index in [4.69, 9.17) is 4.74 Å². The molecule has 0 bridgehead atoms. The van der Waals surface area contributed by atoms with Gasteiger partial charge in [0.05, 0.1) is 38.0 Å². The van der Waals surface area contributed by atoms with Gasteiger partial charge in [0, 0.05) is 31.6 Å². The topological polar surface area (TPSA) is 78.8 Å². The summed E-state index contributed by atoms with van der Waals surface area (Å²) in [6, 6.07) is 0. The molecule has 7 nitrogen and oxygen atoms in total. The third-order valence-corrected chi connectivity index (χ3v) is 4.80. The second-order valence-electron chi connectivity index (χ2n) is 6.80. The van der Waals surface area contributed by atoms with E-state index in [2.05, 4.69) is 14.9 Å². The molecule has 24 heavy (non-hydrogen) atoms. The van der Waals surface area contributed by atoms with Crippen molar-refractivity contribution in [3.8, 4) is 0 Å². The summed E-state index contributed by atoms with van der Waals surface area (Å²) in [7, 11) is 0. The number of ether oxygens (including phenoxy) is 1. The number of aliphatic hydroxyl groups excluding tert-OH is 1. The fourth-order valence-corrected chi connectivity index (χ4v) is 3.13. The molecule has 3 heterocycles. The number of rotatable bonds is 4. The normalized spacial score (nSPS) is 19.3. The van der Waals surface area contributed by atoms with Crippen molar-refractivity contribution in [3.63, 3.8) is 0 Å². The minimum Gasteiger partial charge on any atom is -0.392 e. The lowest BCUT2D eigenvalue weighted by Crippen LogP contribution is -2.41. The first-order chi connectivity index (χ1) is 11.6. The van der Waals surface area contributed by atoms with Gasteiger partial charge < -0.3 is 19.6 Å². The molecule has 3 rings (SSSR count). The molecule has 1 amide bonds. The van der Waals surface area contributed by atoms with E-state index in [1.54, 1.807) is 6.33 Å². The number of anilines is 1.